The fourth-order valence-corrected chi connectivity index (χ4v) is 3.03. The number of nitrogens with one attached hydrogen (secondary N) is 2. The van der Waals surface area contributed by atoms with Crippen LogP contribution in [0, 0.1) is 5.82 Å². The first-order valence-corrected chi connectivity index (χ1v) is 8.49. The maximum absolute atomic E-state index is 12.8. The first kappa shape index (κ1) is 17.4. The Balaban J connectivity index is 1.87. The van der Waals surface area contributed by atoms with Crippen LogP contribution in [0.1, 0.15) is 5.56 Å². The van der Waals surface area contributed by atoms with Crippen molar-refractivity contribution >= 4 is 27.5 Å². The summed E-state index contributed by atoms with van der Waals surface area (Å²) >= 11 is 5.74. The predicted molar refractivity (Wildman–Crippen MR) is 84.9 cm³/mol. The van der Waals surface area contributed by atoms with Gasteiger partial charge in [0.25, 0.3) is 0 Å². The molecule has 1 amide bonds. The van der Waals surface area contributed by atoms with Crippen LogP contribution in [0.4, 0.5) is 4.39 Å². The molecule has 0 aromatic heterocycles. The molecule has 8 heteroatoms. The molecular formula is C15H14ClFN2O3S. The Kier molecular flexibility index (Phi) is 5.70. The molecule has 2 aromatic rings. The van der Waals surface area contributed by atoms with Gasteiger partial charge in [0, 0.05) is 11.6 Å². The maximum atomic E-state index is 12.8. The molecule has 0 radical (unpaired) electrons. The van der Waals surface area contributed by atoms with Crippen molar-refractivity contribution < 1.29 is 17.6 Å². The Morgan fingerprint density at radius 3 is 2.48 bits per heavy atom. The largest absolute Gasteiger partial charge is 0.351 e. The predicted octanol–water partition coefficient (Wildman–Crippen LogP) is 2.07. The van der Waals surface area contributed by atoms with Crippen molar-refractivity contribution in [2.24, 2.45) is 0 Å². The lowest BCUT2D eigenvalue weighted by atomic mass is 10.2. The quantitative estimate of drug-likeness (QED) is 0.832. The molecule has 0 aliphatic rings. The van der Waals surface area contributed by atoms with Crippen LogP contribution in [-0.4, -0.2) is 20.9 Å². The zero-order chi connectivity index (χ0) is 16.9. The number of hydrogen-bond acceptors (Lipinski definition) is 3. The van der Waals surface area contributed by atoms with Gasteiger partial charge in [0.05, 0.1) is 11.4 Å². The average molecular weight is 357 g/mol. The number of carbonyl (C=O) groups is 1. The van der Waals surface area contributed by atoms with E-state index in [0.29, 0.717) is 5.56 Å². The molecule has 2 rings (SSSR count). The molecule has 0 saturated carbocycles. The van der Waals surface area contributed by atoms with E-state index < -0.39 is 22.5 Å². The van der Waals surface area contributed by atoms with Crippen LogP contribution in [0.3, 0.4) is 0 Å². The van der Waals surface area contributed by atoms with Gasteiger partial charge in [0.1, 0.15) is 5.82 Å². The van der Waals surface area contributed by atoms with Gasteiger partial charge in [-0.15, -0.1) is 0 Å². The summed E-state index contributed by atoms with van der Waals surface area (Å²) in [6, 6.07) is 11.4. The van der Waals surface area contributed by atoms with Gasteiger partial charge in [-0.25, -0.2) is 17.5 Å². The van der Waals surface area contributed by atoms with Gasteiger partial charge >= 0.3 is 0 Å². The third kappa shape index (κ3) is 5.31. The van der Waals surface area contributed by atoms with Gasteiger partial charge in [0.15, 0.2) is 0 Å². The van der Waals surface area contributed by atoms with Crippen LogP contribution in [0.2, 0.25) is 5.02 Å². The highest BCUT2D eigenvalue weighted by atomic mass is 35.5. The molecule has 0 heterocycles. The van der Waals surface area contributed by atoms with Crippen LogP contribution in [0.15, 0.2) is 53.4 Å². The molecule has 0 aliphatic heterocycles. The van der Waals surface area contributed by atoms with Gasteiger partial charge < -0.3 is 5.32 Å². The Morgan fingerprint density at radius 1 is 1.13 bits per heavy atom. The zero-order valence-electron chi connectivity index (χ0n) is 11.9. The van der Waals surface area contributed by atoms with Crippen molar-refractivity contribution in [3.63, 3.8) is 0 Å². The summed E-state index contributed by atoms with van der Waals surface area (Å²) in [6.45, 7) is -0.228. The van der Waals surface area contributed by atoms with E-state index in [1.54, 1.807) is 6.07 Å². The topological polar surface area (TPSA) is 75.3 Å². The first-order valence-electron chi connectivity index (χ1n) is 6.63. The van der Waals surface area contributed by atoms with E-state index in [1.165, 1.54) is 42.5 Å². The number of sulfonamides is 1. The number of hydrogen-bond donors (Lipinski definition) is 2. The molecule has 0 bridgehead atoms. The third-order valence-electron chi connectivity index (χ3n) is 2.93. The summed E-state index contributed by atoms with van der Waals surface area (Å²) in [5.74, 6) is -0.866. The van der Waals surface area contributed by atoms with Crippen molar-refractivity contribution in [2.75, 3.05) is 6.54 Å². The summed E-state index contributed by atoms with van der Waals surface area (Å²) in [5, 5.41) is 2.83. The Morgan fingerprint density at radius 2 is 1.83 bits per heavy atom. The lowest BCUT2D eigenvalue weighted by Gasteiger charge is -2.08. The Hall–Kier alpha value is -1.96. The van der Waals surface area contributed by atoms with E-state index in [1.807, 2.05) is 0 Å². The lowest BCUT2D eigenvalue weighted by Crippen LogP contribution is -2.36. The second-order valence-electron chi connectivity index (χ2n) is 4.69. The molecular weight excluding hydrogens is 343 g/mol. The van der Waals surface area contributed by atoms with E-state index in [4.69, 9.17) is 11.6 Å². The smallest absolute Gasteiger partial charge is 0.241 e. The summed E-state index contributed by atoms with van der Waals surface area (Å²) < 4.78 is 39.0. The van der Waals surface area contributed by atoms with Crippen molar-refractivity contribution in [2.45, 2.75) is 11.4 Å². The molecule has 2 N–H and O–H groups in total. The molecule has 122 valence electrons. The first-order chi connectivity index (χ1) is 10.9. The summed E-state index contributed by atoms with van der Waals surface area (Å²) in [7, 11) is -3.81. The summed E-state index contributed by atoms with van der Waals surface area (Å²) in [5.41, 5.74) is 0.706. The van der Waals surface area contributed by atoms with Gasteiger partial charge in [0.2, 0.25) is 15.9 Å². The van der Waals surface area contributed by atoms with Crippen LogP contribution < -0.4 is 10.0 Å². The second kappa shape index (κ2) is 7.54. The fraction of sp³-hybridized carbons (Fsp3) is 0.133. The maximum Gasteiger partial charge on any atom is 0.241 e. The summed E-state index contributed by atoms with van der Waals surface area (Å²) in [4.78, 5) is 11.7. The Labute approximate surface area is 138 Å². The van der Waals surface area contributed by atoms with Crippen LogP contribution in [0.5, 0.6) is 0 Å². The lowest BCUT2D eigenvalue weighted by molar-refractivity contribution is -0.120. The van der Waals surface area contributed by atoms with Crippen LogP contribution in [0.25, 0.3) is 0 Å². The molecule has 0 atom stereocenters. The minimum atomic E-state index is -3.81. The van der Waals surface area contributed by atoms with E-state index in [2.05, 4.69) is 10.0 Å². The number of amides is 1. The highest BCUT2D eigenvalue weighted by Gasteiger charge is 2.15. The zero-order valence-corrected chi connectivity index (χ0v) is 13.5. The number of halogens is 2. The minimum absolute atomic E-state index is 0.0173. The molecule has 0 aliphatic carbocycles. The molecule has 0 spiro atoms. The Bertz CT molecular complexity index is 795. The molecule has 0 fully saturated rings. The SMILES string of the molecule is O=C(CNS(=O)(=O)c1cccc(Cl)c1)NCc1ccc(F)cc1. The number of benzene rings is 2. The minimum Gasteiger partial charge on any atom is -0.351 e. The normalized spacial score (nSPS) is 11.2. The standard InChI is InChI=1S/C15H14ClFN2O3S/c16-12-2-1-3-14(8-12)23(21,22)19-10-15(20)18-9-11-4-6-13(17)7-5-11/h1-8,19H,9-10H2,(H,18,20). The van der Waals surface area contributed by atoms with E-state index in [0.717, 1.165) is 0 Å². The van der Waals surface area contributed by atoms with Crippen LogP contribution >= 0.6 is 11.6 Å². The van der Waals surface area contributed by atoms with Crippen molar-refractivity contribution in [3.05, 3.63) is 64.9 Å². The molecule has 23 heavy (non-hydrogen) atoms. The number of rotatable bonds is 6. The third-order valence-corrected chi connectivity index (χ3v) is 4.57. The molecule has 0 saturated heterocycles. The van der Waals surface area contributed by atoms with Crippen molar-refractivity contribution in [1.82, 2.24) is 10.0 Å². The average Bonchev–Trinajstić information content (AvgIpc) is 2.52. The summed E-state index contributed by atoms with van der Waals surface area (Å²) in [6.07, 6.45) is 0. The molecule has 0 unspecified atom stereocenters. The van der Waals surface area contributed by atoms with Gasteiger partial charge in [-0.3, -0.25) is 4.79 Å². The van der Waals surface area contributed by atoms with E-state index in [-0.39, 0.29) is 22.3 Å². The fourth-order valence-electron chi connectivity index (χ4n) is 1.74. The second-order valence-corrected chi connectivity index (χ2v) is 6.89. The highest BCUT2D eigenvalue weighted by molar-refractivity contribution is 7.89. The van der Waals surface area contributed by atoms with Gasteiger partial charge in [-0.2, -0.15) is 0 Å². The van der Waals surface area contributed by atoms with Crippen LogP contribution in [-0.2, 0) is 21.4 Å². The van der Waals surface area contributed by atoms with E-state index >= 15 is 0 Å². The van der Waals surface area contributed by atoms with Crippen molar-refractivity contribution in [3.8, 4) is 0 Å². The van der Waals surface area contributed by atoms with Crippen molar-refractivity contribution in [1.29, 1.82) is 0 Å². The monoisotopic (exact) mass is 356 g/mol. The van der Waals surface area contributed by atoms with Gasteiger partial charge in [-0.05, 0) is 35.9 Å². The molecule has 5 nitrogen and oxygen atoms in total. The number of carbonyl (C=O) groups excluding carboxylic acids is 1. The highest BCUT2D eigenvalue weighted by Crippen LogP contribution is 2.14. The molecule has 2 aromatic carbocycles. The van der Waals surface area contributed by atoms with Gasteiger partial charge in [-0.1, -0.05) is 29.8 Å². The van der Waals surface area contributed by atoms with E-state index in [9.17, 15) is 17.6 Å².